The first kappa shape index (κ1) is 34.9. The highest BCUT2D eigenvalue weighted by Gasteiger charge is 2.26. The number of carboxylic acids is 1. The summed E-state index contributed by atoms with van der Waals surface area (Å²) in [6.45, 7) is 3.47. The third-order valence-electron chi connectivity index (χ3n) is 9.23. The van der Waals surface area contributed by atoms with Gasteiger partial charge in [-0.3, -0.25) is 4.90 Å². The first-order chi connectivity index (χ1) is 23.8. The van der Waals surface area contributed by atoms with Crippen LogP contribution in [0.1, 0.15) is 50.8 Å². The Morgan fingerprint density at radius 1 is 0.857 bits per heavy atom. The highest BCUT2D eigenvalue weighted by Crippen LogP contribution is 2.38. The van der Waals surface area contributed by atoms with Crippen LogP contribution in [0.3, 0.4) is 0 Å². The summed E-state index contributed by atoms with van der Waals surface area (Å²) in [7, 11) is -3.51. The van der Waals surface area contributed by atoms with E-state index < -0.39 is 16.0 Å². The van der Waals surface area contributed by atoms with E-state index in [2.05, 4.69) is 44.5 Å². The number of ether oxygens (including phenoxy) is 1. The summed E-state index contributed by atoms with van der Waals surface area (Å²) < 4.78 is 37.1. The minimum Gasteiger partial charge on any atom is -0.478 e. The molecule has 1 aromatic heterocycles. The topological polar surface area (TPSA) is 101 Å². The zero-order chi connectivity index (χ0) is 34.2. The van der Waals surface area contributed by atoms with E-state index in [1.54, 1.807) is 12.1 Å². The van der Waals surface area contributed by atoms with E-state index in [9.17, 15) is 18.3 Å². The smallest absolute Gasteiger partial charge is 0.335 e. The fraction of sp³-hybridized carbons (Fsp3) is 0.308. The second kappa shape index (κ2) is 16.1. The third kappa shape index (κ3) is 8.79. The Labute approximate surface area is 293 Å². The minimum atomic E-state index is -3.51. The van der Waals surface area contributed by atoms with E-state index in [1.807, 2.05) is 60.7 Å². The SMILES string of the molecule is O=C(O)c1ccc(CCCc2c(CCNS(=O)(=O)CCN3CCOCC3)n(C(c3ccccc3)c3ccccc3)c3ccc(Cl)cc23)cc1. The number of morpholine rings is 1. The molecule has 2 N–H and O–H groups in total. The van der Waals surface area contributed by atoms with Crippen LogP contribution in [0.2, 0.25) is 5.02 Å². The normalized spacial score (nSPS) is 14.1. The summed E-state index contributed by atoms with van der Waals surface area (Å²) in [4.78, 5) is 13.5. The number of hydrogen-bond donors (Lipinski definition) is 2. The number of aromatic carboxylic acids is 1. The molecule has 1 saturated heterocycles. The number of halogens is 1. The number of fused-ring (bicyclic) bond motifs is 1. The summed E-state index contributed by atoms with van der Waals surface area (Å²) in [5.74, 6) is -0.903. The number of hydrogen-bond acceptors (Lipinski definition) is 5. The molecule has 0 spiro atoms. The number of rotatable bonds is 15. The number of aryl methyl sites for hydroxylation is 2. The van der Waals surface area contributed by atoms with Crippen LogP contribution in [0, 0.1) is 0 Å². The van der Waals surface area contributed by atoms with Crippen molar-refractivity contribution in [2.45, 2.75) is 31.7 Å². The van der Waals surface area contributed by atoms with Crippen LogP contribution in [0.15, 0.2) is 103 Å². The second-order valence-electron chi connectivity index (χ2n) is 12.5. The fourth-order valence-corrected chi connectivity index (χ4v) is 8.00. The Hall–Kier alpha value is -3.99. The van der Waals surface area contributed by atoms with Gasteiger partial charge in [-0.2, -0.15) is 0 Å². The first-order valence-electron chi connectivity index (χ1n) is 16.8. The first-order valence-corrected chi connectivity index (χ1v) is 18.8. The summed E-state index contributed by atoms with van der Waals surface area (Å²) in [6.07, 6.45) is 2.81. The fourth-order valence-electron chi connectivity index (χ4n) is 6.77. The lowest BCUT2D eigenvalue weighted by Gasteiger charge is -2.26. The molecule has 10 heteroatoms. The summed E-state index contributed by atoms with van der Waals surface area (Å²) in [6, 6.07) is 33.7. The maximum absolute atomic E-state index is 13.2. The van der Waals surface area contributed by atoms with E-state index in [0.29, 0.717) is 31.2 Å². The van der Waals surface area contributed by atoms with Crippen LogP contribution in [0.25, 0.3) is 10.9 Å². The van der Waals surface area contributed by atoms with Crippen molar-refractivity contribution in [2.24, 2.45) is 0 Å². The number of nitrogens with zero attached hydrogens (tertiary/aromatic N) is 2. The Morgan fingerprint density at radius 3 is 2.14 bits per heavy atom. The van der Waals surface area contributed by atoms with Gasteiger partial charge < -0.3 is 14.4 Å². The predicted octanol–water partition coefficient (Wildman–Crippen LogP) is 6.60. The zero-order valence-corrected chi connectivity index (χ0v) is 29.0. The van der Waals surface area contributed by atoms with Gasteiger partial charge in [0.2, 0.25) is 10.0 Å². The van der Waals surface area contributed by atoms with Crippen LogP contribution in [-0.2, 0) is 34.0 Å². The summed E-state index contributed by atoms with van der Waals surface area (Å²) in [5, 5.41) is 11.0. The van der Waals surface area contributed by atoms with Crippen LogP contribution in [0.4, 0.5) is 0 Å². The second-order valence-corrected chi connectivity index (χ2v) is 14.8. The van der Waals surface area contributed by atoms with E-state index >= 15 is 0 Å². The van der Waals surface area contributed by atoms with Crippen LogP contribution in [-0.4, -0.2) is 74.1 Å². The number of carboxylic acid groups (broad SMARTS) is 1. The molecule has 0 radical (unpaired) electrons. The van der Waals surface area contributed by atoms with Gasteiger partial charge >= 0.3 is 5.97 Å². The van der Waals surface area contributed by atoms with E-state index in [1.165, 1.54) is 0 Å². The Morgan fingerprint density at radius 2 is 1.51 bits per heavy atom. The molecule has 1 aliphatic heterocycles. The average Bonchev–Trinajstić information content (AvgIpc) is 3.40. The maximum Gasteiger partial charge on any atom is 0.335 e. The Kier molecular flexibility index (Phi) is 11.5. The molecule has 2 heterocycles. The molecule has 8 nitrogen and oxygen atoms in total. The molecule has 49 heavy (non-hydrogen) atoms. The van der Waals surface area contributed by atoms with Crippen molar-refractivity contribution in [2.75, 3.05) is 45.1 Å². The van der Waals surface area contributed by atoms with Crippen LogP contribution < -0.4 is 4.72 Å². The summed E-state index contributed by atoms with van der Waals surface area (Å²) >= 11 is 6.64. The molecule has 0 saturated carbocycles. The van der Waals surface area contributed by atoms with Gasteiger partial charge in [-0.25, -0.2) is 17.9 Å². The largest absolute Gasteiger partial charge is 0.478 e. The molecule has 0 aliphatic carbocycles. The lowest BCUT2D eigenvalue weighted by molar-refractivity contribution is 0.0408. The highest BCUT2D eigenvalue weighted by atomic mass is 35.5. The minimum absolute atomic E-state index is 0.0375. The number of carbonyl (C=O) groups is 1. The third-order valence-corrected chi connectivity index (χ3v) is 10.8. The van der Waals surface area contributed by atoms with Crippen molar-refractivity contribution in [3.8, 4) is 0 Å². The number of aromatic nitrogens is 1. The molecular formula is C39H42ClN3O5S. The molecule has 6 rings (SSSR count). The molecule has 5 aromatic rings. The van der Waals surface area contributed by atoms with Gasteiger partial charge in [-0.1, -0.05) is 84.4 Å². The van der Waals surface area contributed by atoms with Gasteiger partial charge in [0, 0.05) is 54.2 Å². The molecule has 4 aromatic carbocycles. The average molecular weight is 700 g/mol. The van der Waals surface area contributed by atoms with Crippen LogP contribution in [0.5, 0.6) is 0 Å². The monoisotopic (exact) mass is 699 g/mol. The maximum atomic E-state index is 13.2. The number of benzene rings is 4. The quantitative estimate of drug-likeness (QED) is 0.128. The van der Waals surface area contributed by atoms with Crippen molar-refractivity contribution in [3.63, 3.8) is 0 Å². The van der Waals surface area contributed by atoms with Crippen molar-refractivity contribution in [3.05, 3.63) is 142 Å². The van der Waals surface area contributed by atoms with Gasteiger partial charge in [-0.15, -0.1) is 0 Å². The molecule has 0 bridgehead atoms. The highest BCUT2D eigenvalue weighted by molar-refractivity contribution is 7.89. The Balaban J connectivity index is 1.36. The van der Waals surface area contributed by atoms with Gasteiger partial charge in [0.25, 0.3) is 0 Å². The molecular weight excluding hydrogens is 658 g/mol. The van der Waals surface area contributed by atoms with Crippen molar-refractivity contribution in [1.82, 2.24) is 14.2 Å². The van der Waals surface area contributed by atoms with Gasteiger partial charge in [0.15, 0.2) is 0 Å². The van der Waals surface area contributed by atoms with E-state index in [4.69, 9.17) is 16.3 Å². The number of nitrogens with one attached hydrogen (secondary N) is 1. The van der Waals surface area contributed by atoms with Crippen molar-refractivity contribution in [1.29, 1.82) is 0 Å². The molecule has 1 aliphatic rings. The van der Waals surface area contributed by atoms with Gasteiger partial charge in [0.1, 0.15) is 0 Å². The van der Waals surface area contributed by atoms with Crippen molar-refractivity contribution < 1.29 is 23.1 Å². The molecule has 0 unspecified atom stereocenters. The van der Waals surface area contributed by atoms with Gasteiger partial charge in [0.05, 0.1) is 30.6 Å². The van der Waals surface area contributed by atoms with E-state index in [-0.39, 0.29) is 23.9 Å². The zero-order valence-electron chi connectivity index (χ0n) is 27.4. The predicted molar refractivity (Wildman–Crippen MR) is 195 cm³/mol. The van der Waals surface area contributed by atoms with Crippen LogP contribution >= 0.6 is 11.6 Å². The molecule has 256 valence electrons. The lowest BCUT2D eigenvalue weighted by atomic mass is 9.97. The lowest BCUT2D eigenvalue weighted by Crippen LogP contribution is -2.41. The molecule has 0 amide bonds. The molecule has 0 atom stereocenters. The van der Waals surface area contributed by atoms with E-state index in [0.717, 1.165) is 71.2 Å². The van der Waals surface area contributed by atoms with Gasteiger partial charge in [-0.05, 0) is 71.8 Å². The summed E-state index contributed by atoms with van der Waals surface area (Å²) in [5.41, 5.74) is 6.82. The Bertz CT molecular complexity index is 1920. The molecule has 1 fully saturated rings. The number of sulfonamides is 1. The standard InChI is InChI=1S/C39H42ClN3O5S/c40-33-18-19-36-35(28-33)34(13-7-8-29-14-16-32(17-15-29)39(44)45)37(20-21-41-49(46,47)27-24-42-22-25-48-26-23-42)43(36)38(30-9-3-1-4-10-30)31-11-5-2-6-12-31/h1-6,9-12,14-19,28,38,41H,7-8,13,20-27H2,(H,44,45). The van der Waals surface area contributed by atoms with Crippen molar-refractivity contribution >= 4 is 38.5 Å².